The number of alkyl halides is 3. The van der Waals surface area contributed by atoms with Gasteiger partial charge in [0.25, 0.3) is 0 Å². The van der Waals surface area contributed by atoms with Crippen molar-refractivity contribution < 1.29 is 36.3 Å². The number of anilines is 1. The van der Waals surface area contributed by atoms with E-state index in [1.165, 1.54) is 38.2 Å². The van der Waals surface area contributed by atoms with Crippen molar-refractivity contribution in [1.29, 1.82) is 0 Å². The number of rotatable bonds is 5. The molecular formula is C16H16F3N2O4S2+. The number of pyridine rings is 1. The average Bonchev–Trinajstić information content (AvgIpc) is 2.59. The minimum absolute atomic E-state index is 0.101. The lowest BCUT2D eigenvalue weighted by molar-refractivity contribution is -0.895. The molecule has 0 radical (unpaired) electrons. The molecule has 1 N–H and O–H groups in total. The fourth-order valence-corrected chi connectivity index (χ4v) is 3.92. The van der Waals surface area contributed by atoms with E-state index in [-0.39, 0.29) is 26.9 Å². The quantitative estimate of drug-likeness (QED) is 0.456. The molecule has 0 unspecified atom stereocenters. The van der Waals surface area contributed by atoms with Crippen molar-refractivity contribution in [2.75, 3.05) is 17.7 Å². The second-order valence-corrected chi connectivity index (χ2v) is 8.76. The van der Waals surface area contributed by atoms with Crippen molar-refractivity contribution in [2.45, 2.75) is 22.2 Å². The summed E-state index contributed by atoms with van der Waals surface area (Å²) in [7, 11) is -2.40. The molecule has 1 aromatic carbocycles. The van der Waals surface area contributed by atoms with Crippen molar-refractivity contribution in [1.82, 2.24) is 0 Å². The normalized spacial score (nSPS) is 12.0. The molecule has 0 saturated heterocycles. The van der Waals surface area contributed by atoms with Gasteiger partial charge in [-0.2, -0.15) is 18.1 Å². The lowest BCUT2D eigenvalue weighted by Gasteiger charge is -2.13. The predicted molar refractivity (Wildman–Crippen MR) is 92.6 cm³/mol. The van der Waals surface area contributed by atoms with E-state index >= 15 is 0 Å². The van der Waals surface area contributed by atoms with Crippen molar-refractivity contribution in [2.24, 2.45) is 0 Å². The summed E-state index contributed by atoms with van der Waals surface area (Å²) in [6.45, 7) is 1.44. The lowest BCUT2D eigenvalue weighted by Crippen LogP contribution is -2.41. The van der Waals surface area contributed by atoms with Crippen LogP contribution in [0.4, 0.5) is 19.0 Å². The standard InChI is InChI=1S/C16H16F3N2O4S2/c1-3-27(24,25)13-7-5-4-6-12(13)15(22)20(2)14-9-8-11(10-21(14)23)26-16(17,18)19/h4-10,23H,3H2,1-2H3/q+1. The summed E-state index contributed by atoms with van der Waals surface area (Å²) >= 11 is -0.415. The Morgan fingerprint density at radius 2 is 1.85 bits per heavy atom. The summed E-state index contributed by atoms with van der Waals surface area (Å²) in [4.78, 5) is 13.3. The maximum atomic E-state index is 12.7. The zero-order chi connectivity index (χ0) is 20.4. The van der Waals surface area contributed by atoms with Gasteiger partial charge in [-0.05, 0) is 30.0 Å². The van der Waals surface area contributed by atoms with Crippen molar-refractivity contribution in [3.8, 4) is 0 Å². The van der Waals surface area contributed by atoms with Crippen LogP contribution >= 0.6 is 11.8 Å². The Bertz CT molecular complexity index is 962. The summed E-state index contributed by atoms with van der Waals surface area (Å²) < 4.78 is 62.0. The molecule has 1 heterocycles. The molecule has 0 atom stereocenters. The number of amides is 1. The summed E-state index contributed by atoms with van der Waals surface area (Å²) in [5, 5.41) is 9.95. The topological polar surface area (TPSA) is 78.6 Å². The predicted octanol–water partition coefficient (Wildman–Crippen LogP) is 2.89. The Labute approximate surface area is 158 Å². The summed E-state index contributed by atoms with van der Waals surface area (Å²) in [5.41, 5.74) is -4.63. The summed E-state index contributed by atoms with van der Waals surface area (Å²) in [5.74, 6) is -1.07. The lowest BCUT2D eigenvalue weighted by atomic mass is 10.2. The first kappa shape index (κ1) is 21.0. The second kappa shape index (κ2) is 7.77. The molecule has 0 aliphatic carbocycles. The Kier molecular flexibility index (Phi) is 6.05. The third-order valence-corrected chi connectivity index (χ3v) is 6.09. The number of carbonyl (C=O) groups excluding carboxylic acids is 1. The van der Waals surface area contributed by atoms with Crippen LogP contribution in [-0.4, -0.2) is 37.8 Å². The van der Waals surface area contributed by atoms with Crippen LogP contribution in [0.2, 0.25) is 0 Å². The molecular weight excluding hydrogens is 405 g/mol. The van der Waals surface area contributed by atoms with Crippen LogP contribution in [0.3, 0.4) is 0 Å². The van der Waals surface area contributed by atoms with Gasteiger partial charge in [0, 0.05) is 6.07 Å². The number of hydrogen-bond donors (Lipinski definition) is 1. The molecule has 1 amide bonds. The number of nitrogens with zero attached hydrogens (tertiary/aromatic N) is 2. The Balaban J connectivity index is 2.40. The minimum Gasteiger partial charge on any atom is -0.350 e. The fraction of sp³-hybridized carbons (Fsp3) is 0.250. The van der Waals surface area contributed by atoms with Crippen LogP contribution in [0.5, 0.6) is 0 Å². The number of sulfone groups is 1. The highest BCUT2D eigenvalue weighted by Crippen LogP contribution is 2.36. The van der Waals surface area contributed by atoms with Gasteiger partial charge < -0.3 is 5.21 Å². The Morgan fingerprint density at radius 3 is 2.41 bits per heavy atom. The molecule has 0 saturated carbocycles. The van der Waals surface area contributed by atoms with Gasteiger partial charge in [0.15, 0.2) is 16.0 Å². The van der Waals surface area contributed by atoms with Crippen LogP contribution in [0, 0.1) is 0 Å². The molecule has 0 spiro atoms. The smallest absolute Gasteiger partial charge is 0.350 e. The number of halogens is 3. The molecule has 0 fully saturated rings. The van der Waals surface area contributed by atoms with Gasteiger partial charge in [0.1, 0.15) is 0 Å². The first-order valence-corrected chi connectivity index (χ1v) is 10.0. The fourth-order valence-electron chi connectivity index (χ4n) is 2.28. The number of carbonyl (C=O) groups is 1. The van der Waals surface area contributed by atoms with Gasteiger partial charge >= 0.3 is 17.2 Å². The van der Waals surface area contributed by atoms with Crippen molar-refractivity contribution in [3.05, 3.63) is 48.2 Å². The van der Waals surface area contributed by atoms with E-state index in [9.17, 15) is 31.6 Å². The van der Waals surface area contributed by atoms with Crippen LogP contribution in [0.25, 0.3) is 0 Å². The van der Waals surface area contributed by atoms with Gasteiger partial charge in [-0.25, -0.2) is 13.2 Å². The Hall–Kier alpha value is -2.27. The van der Waals surface area contributed by atoms with Crippen LogP contribution in [-0.2, 0) is 9.84 Å². The van der Waals surface area contributed by atoms with Crippen molar-refractivity contribution >= 4 is 33.3 Å². The molecule has 146 valence electrons. The SMILES string of the molecule is CCS(=O)(=O)c1ccccc1C(=O)N(C)c1ccc(SC(F)(F)F)c[n+]1O. The molecule has 0 bridgehead atoms. The zero-order valence-electron chi connectivity index (χ0n) is 14.3. The van der Waals surface area contributed by atoms with Crippen molar-refractivity contribution in [3.63, 3.8) is 0 Å². The first-order valence-electron chi connectivity index (χ1n) is 7.57. The van der Waals surface area contributed by atoms with Gasteiger partial charge in [-0.1, -0.05) is 23.8 Å². The minimum atomic E-state index is -4.52. The summed E-state index contributed by atoms with van der Waals surface area (Å²) in [6.07, 6.45) is 0.811. The molecule has 0 aliphatic heterocycles. The Morgan fingerprint density at radius 1 is 1.22 bits per heavy atom. The highest BCUT2D eigenvalue weighted by atomic mass is 32.2. The molecule has 11 heteroatoms. The van der Waals surface area contributed by atoms with Gasteiger partial charge in [0.05, 0.1) is 28.2 Å². The molecule has 6 nitrogen and oxygen atoms in total. The largest absolute Gasteiger partial charge is 0.446 e. The van der Waals surface area contributed by atoms with Gasteiger partial charge in [0.2, 0.25) is 0 Å². The third kappa shape index (κ3) is 4.92. The average molecular weight is 421 g/mol. The van der Waals surface area contributed by atoms with E-state index in [1.54, 1.807) is 0 Å². The highest BCUT2D eigenvalue weighted by Gasteiger charge is 2.32. The van der Waals surface area contributed by atoms with E-state index in [4.69, 9.17) is 0 Å². The maximum Gasteiger partial charge on any atom is 0.446 e. The monoisotopic (exact) mass is 421 g/mol. The van der Waals surface area contributed by atoms with E-state index < -0.39 is 33.0 Å². The van der Waals surface area contributed by atoms with E-state index in [1.807, 2.05) is 0 Å². The number of hydrogen-bond acceptors (Lipinski definition) is 5. The molecule has 27 heavy (non-hydrogen) atoms. The number of thioether (sulfide) groups is 1. The third-order valence-electron chi connectivity index (χ3n) is 3.60. The first-order chi connectivity index (χ1) is 12.5. The number of benzene rings is 1. The zero-order valence-corrected chi connectivity index (χ0v) is 15.9. The van der Waals surface area contributed by atoms with Crippen LogP contribution in [0.15, 0.2) is 52.4 Å². The molecule has 2 aromatic rings. The molecule has 0 aliphatic rings. The molecule has 2 rings (SSSR count). The number of aromatic nitrogens is 1. The summed E-state index contributed by atoms with van der Waals surface area (Å²) in [6, 6.07) is 7.83. The van der Waals surface area contributed by atoms with Crippen LogP contribution < -0.4 is 9.63 Å². The second-order valence-electron chi connectivity index (χ2n) is 5.38. The molecule has 1 aromatic heterocycles. The van der Waals surface area contributed by atoms with Gasteiger partial charge in [-0.15, -0.1) is 0 Å². The van der Waals surface area contributed by atoms with E-state index in [0.29, 0.717) is 4.73 Å². The van der Waals surface area contributed by atoms with E-state index in [0.717, 1.165) is 23.2 Å². The maximum absolute atomic E-state index is 12.7. The van der Waals surface area contributed by atoms with Crippen LogP contribution in [0.1, 0.15) is 17.3 Å². The van der Waals surface area contributed by atoms with E-state index in [2.05, 4.69) is 0 Å². The highest BCUT2D eigenvalue weighted by molar-refractivity contribution is 8.00. The van der Waals surface area contributed by atoms with Gasteiger partial charge in [-0.3, -0.25) is 0 Å².